The van der Waals surface area contributed by atoms with Crippen LogP contribution in [0.1, 0.15) is 28.1 Å². The number of nitrogens with one attached hydrogen (secondary N) is 1. The molecule has 4 rings (SSSR count). The van der Waals surface area contributed by atoms with E-state index in [-0.39, 0.29) is 0 Å². The van der Waals surface area contributed by atoms with Crippen LogP contribution in [0.4, 0.5) is 5.82 Å². The van der Waals surface area contributed by atoms with Crippen molar-refractivity contribution >= 4 is 5.82 Å². The van der Waals surface area contributed by atoms with Crippen LogP contribution in [0.2, 0.25) is 0 Å². The average molecular weight is 304 g/mol. The highest BCUT2D eigenvalue weighted by atomic mass is 15.3. The molecule has 0 fully saturated rings. The molecular formula is C19H20N4. The van der Waals surface area contributed by atoms with Gasteiger partial charge in [-0.2, -0.15) is 5.10 Å². The molecule has 0 saturated heterocycles. The van der Waals surface area contributed by atoms with E-state index >= 15 is 0 Å². The largest absolute Gasteiger partial charge is 0.369 e. The molecule has 0 unspecified atom stereocenters. The molecular weight excluding hydrogens is 284 g/mol. The summed E-state index contributed by atoms with van der Waals surface area (Å²) < 4.78 is 2.05. The van der Waals surface area contributed by atoms with Crippen molar-refractivity contribution in [3.05, 3.63) is 70.7 Å². The Bertz CT molecular complexity index is 849. The van der Waals surface area contributed by atoms with Crippen molar-refractivity contribution < 1.29 is 0 Å². The van der Waals surface area contributed by atoms with Crippen LogP contribution in [0.5, 0.6) is 0 Å². The Kier molecular flexibility index (Phi) is 3.37. The number of aryl methyl sites for hydroxylation is 2. The predicted octanol–water partition coefficient (Wildman–Crippen LogP) is 3.44. The minimum atomic E-state index is 0.780. The molecule has 116 valence electrons. The van der Waals surface area contributed by atoms with Crippen LogP contribution in [0.15, 0.2) is 42.6 Å². The van der Waals surface area contributed by atoms with Crippen molar-refractivity contribution in [1.29, 1.82) is 0 Å². The van der Waals surface area contributed by atoms with E-state index in [1.165, 1.54) is 16.7 Å². The van der Waals surface area contributed by atoms with E-state index in [2.05, 4.69) is 48.4 Å². The van der Waals surface area contributed by atoms with Gasteiger partial charge in [0.05, 0.1) is 11.4 Å². The van der Waals surface area contributed by atoms with Crippen LogP contribution in [0.3, 0.4) is 0 Å². The van der Waals surface area contributed by atoms with Gasteiger partial charge in [0.25, 0.3) is 0 Å². The highest BCUT2D eigenvalue weighted by Gasteiger charge is 2.23. The molecule has 1 aliphatic rings. The number of nitrogens with zero attached hydrogens (tertiary/aromatic N) is 3. The first kappa shape index (κ1) is 14.0. The first-order valence-electron chi connectivity index (χ1n) is 8.04. The van der Waals surface area contributed by atoms with E-state index in [4.69, 9.17) is 5.10 Å². The van der Waals surface area contributed by atoms with E-state index in [9.17, 15) is 0 Å². The summed E-state index contributed by atoms with van der Waals surface area (Å²) in [5, 5.41) is 8.37. The van der Waals surface area contributed by atoms with E-state index in [1.807, 2.05) is 23.0 Å². The molecule has 0 amide bonds. The fraction of sp³-hybridized carbons (Fsp3) is 0.263. The molecule has 0 saturated carbocycles. The van der Waals surface area contributed by atoms with E-state index in [0.29, 0.717) is 0 Å². The van der Waals surface area contributed by atoms with Gasteiger partial charge in [0.15, 0.2) is 0 Å². The summed E-state index contributed by atoms with van der Waals surface area (Å²) in [4.78, 5) is 4.44. The van der Waals surface area contributed by atoms with Gasteiger partial charge < -0.3 is 5.32 Å². The molecule has 3 heterocycles. The predicted molar refractivity (Wildman–Crippen MR) is 92.3 cm³/mol. The van der Waals surface area contributed by atoms with Crippen molar-refractivity contribution in [3.8, 4) is 5.69 Å². The van der Waals surface area contributed by atoms with E-state index in [0.717, 1.165) is 42.3 Å². The molecule has 2 aromatic heterocycles. The summed E-state index contributed by atoms with van der Waals surface area (Å²) in [6.07, 6.45) is 3.65. The Morgan fingerprint density at radius 2 is 2.04 bits per heavy atom. The lowest BCUT2D eigenvalue weighted by atomic mass is 10.1. The van der Waals surface area contributed by atoms with Gasteiger partial charge in [0.1, 0.15) is 5.82 Å². The molecule has 4 nitrogen and oxygen atoms in total. The Hall–Kier alpha value is -2.62. The first-order chi connectivity index (χ1) is 11.2. The normalized spacial score (nSPS) is 13.0. The highest BCUT2D eigenvalue weighted by molar-refractivity contribution is 5.58. The van der Waals surface area contributed by atoms with Crippen LogP contribution >= 0.6 is 0 Å². The van der Waals surface area contributed by atoms with Gasteiger partial charge in [0.2, 0.25) is 0 Å². The summed E-state index contributed by atoms with van der Waals surface area (Å²) in [5.41, 5.74) is 7.23. The van der Waals surface area contributed by atoms with E-state index < -0.39 is 0 Å². The average Bonchev–Trinajstić information content (AvgIpc) is 3.15. The molecule has 0 aliphatic carbocycles. The van der Waals surface area contributed by atoms with Crippen LogP contribution in [-0.2, 0) is 12.8 Å². The topological polar surface area (TPSA) is 42.7 Å². The maximum atomic E-state index is 4.88. The number of hydrogen-bond acceptors (Lipinski definition) is 3. The third-order valence-electron chi connectivity index (χ3n) is 4.54. The molecule has 0 bridgehead atoms. The zero-order valence-electron chi connectivity index (χ0n) is 13.5. The van der Waals surface area contributed by atoms with Crippen molar-refractivity contribution in [2.75, 3.05) is 11.9 Å². The summed E-state index contributed by atoms with van der Waals surface area (Å²) in [7, 11) is 0. The number of hydrogen-bond donors (Lipinski definition) is 1. The van der Waals surface area contributed by atoms with Gasteiger partial charge in [0, 0.05) is 30.4 Å². The Morgan fingerprint density at radius 3 is 2.83 bits per heavy atom. The van der Waals surface area contributed by atoms with Crippen molar-refractivity contribution in [2.24, 2.45) is 0 Å². The SMILES string of the molecule is Cc1ccc(-n2nc(Cc3ccccn3)c3c2NCC3)cc1C. The third-order valence-corrected chi connectivity index (χ3v) is 4.54. The standard InChI is InChI=1S/C19H20N4/c1-13-6-7-16(11-14(13)2)23-19-17(8-10-21-19)18(22-23)12-15-5-3-4-9-20-15/h3-7,9,11,21H,8,10,12H2,1-2H3. The van der Waals surface area contributed by atoms with Gasteiger partial charge in [-0.15, -0.1) is 0 Å². The second-order valence-corrected chi connectivity index (χ2v) is 6.13. The minimum Gasteiger partial charge on any atom is -0.369 e. The lowest BCUT2D eigenvalue weighted by Crippen LogP contribution is -2.05. The second-order valence-electron chi connectivity index (χ2n) is 6.13. The molecule has 0 spiro atoms. The molecule has 0 radical (unpaired) electrons. The Labute approximate surface area is 136 Å². The molecule has 4 heteroatoms. The number of rotatable bonds is 3. The summed E-state index contributed by atoms with van der Waals surface area (Å²) >= 11 is 0. The molecule has 23 heavy (non-hydrogen) atoms. The van der Waals surface area contributed by atoms with Crippen LogP contribution in [-0.4, -0.2) is 21.3 Å². The molecule has 1 aliphatic heterocycles. The third kappa shape index (κ3) is 2.50. The number of benzene rings is 1. The van der Waals surface area contributed by atoms with Crippen LogP contribution < -0.4 is 5.32 Å². The van der Waals surface area contributed by atoms with Crippen molar-refractivity contribution in [2.45, 2.75) is 26.7 Å². The van der Waals surface area contributed by atoms with Gasteiger partial charge in [-0.25, -0.2) is 4.68 Å². The quantitative estimate of drug-likeness (QED) is 0.806. The Morgan fingerprint density at radius 1 is 1.13 bits per heavy atom. The molecule has 1 N–H and O–H groups in total. The first-order valence-corrected chi connectivity index (χ1v) is 8.04. The zero-order chi connectivity index (χ0) is 15.8. The molecule has 1 aromatic carbocycles. The van der Waals surface area contributed by atoms with Crippen LogP contribution in [0.25, 0.3) is 5.69 Å². The lowest BCUT2D eigenvalue weighted by molar-refractivity contribution is 0.832. The van der Waals surface area contributed by atoms with Crippen molar-refractivity contribution in [1.82, 2.24) is 14.8 Å². The van der Waals surface area contributed by atoms with Gasteiger partial charge in [-0.3, -0.25) is 4.98 Å². The van der Waals surface area contributed by atoms with Crippen molar-refractivity contribution in [3.63, 3.8) is 0 Å². The fourth-order valence-corrected chi connectivity index (χ4v) is 3.11. The zero-order valence-corrected chi connectivity index (χ0v) is 13.5. The van der Waals surface area contributed by atoms with E-state index in [1.54, 1.807) is 0 Å². The van der Waals surface area contributed by atoms with Gasteiger partial charge in [-0.1, -0.05) is 12.1 Å². The highest BCUT2D eigenvalue weighted by Crippen LogP contribution is 2.30. The number of pyridine rings is 1. The fourth-order valence-electron chi connectivity index (χ4n) is 3.11. The molecule has 0 atom stereocenters. The van der Waals surface area contributed by atoms with Gasteiger partial charge in [-0.05, 0) is 55.7 Å². The Balaban J connectivity index is 1.77. The minimum absolute atomic E-state index is 0.780. The summed E-state index contributed by atoms with van der Waals surface area (Å²) in [6, 6.07) is 12.5. The summed E-state index contributed by atoms with van der Waals surface area (Å²) in [6.45, 7) is 5.26. The lowest BCUT2D eigenvalue weighted by Gasteiger charge is -2.08. The monoisotopic (exact) mass is 304 g/mol. The number of anilines is 1. The second kappa shape index (κ2) is 5.54. The molecule has 3 aromatic rings. The van der Waals surface area contributed by atoms with Gasteiger partial charge >= 0.3 is 0 Å². The number of aromatic nitrogens is 3. The summed E-state index contributed by atoms with van der Waals surface area (Å²) in [5.74, 6) is 1.14. The van der Waals surface area contributed by atoms with Crippen LogP contribution in [0, 0.1) is 13.8 Å². The smallest absolute Gasteiger partial charge is 0.133 e. The maximum Gasteiger partial charge on any atom is 0.133 e. The maximum absolute atomic E-state index is 4.88. The number of fused-ring (bicyclic) bond motifs is 1.